The SMILES string of the molecule is c1ccc(-c2ccc(N(c3ccc4cc5oc6ccccc6c5cc4c3)c3ccc4ccc5ccccc5c4c3)cc2)cc1. The molecule has 0 N–H and O–H groups in total. The molecule has 8 aromatic carbocycles. The van der Waals surface area contributed by atoms with Crippen molar-refractivity contribution in [3.05, 3.63) is 164 Å². The first-order chi connectivity index (χ1) is 21.8. The first-order valence-corrected chi connectivity index (χ1v) is 15.0. The van der Waals surface area contributed by atoms with Crippen LogP contribution in [-0.4, -0.2) is 0 Å². The van der Waals surface area contributed by atoms with Gasteiger partial charge in [-0.15, -0.1) is 0 Å². The van der Waals surface area contributed by atoms with Crippen molar-refractivity contribution in [1.82, 2.24) is 0 Å². The molecule has 0 radical (unpaired) electrons. The molecule has 0 saturated heterocycles. The van der Waals surface area contributed by atoms with Gasteiger partial charge >= 0.3 is 0 Å². The summed E-state index contributed by atoms with van der Waals surface area (Å²) < 4.78 is 6.19. The van der Waals surface area contributed by atoms with Crippen LogP contribution in [0.3, 0.4) is 0 Å². The first-order valence-electron chi connectivity index (χ1n) is 15.0. The number of furan rings is 1. The highest BCUT2D eigenvalue weighted by Gasteiger charge is 2.16. The Morgan fingerprint density at radius 1 is 0.318 bits per heavy atom. The quantitative estimate of drug-likeness (QED) is 0.199. The van der Waals surface area contributed by atoms with Crippen LogP contribution in [-0.2, 0) is 0 Å². The third kappa shape index (κ3) is 4.04. The maximum atomic E-state index is 6.19. The van der Waals surface area contributed by atoms with Gasteiger partial charge in [0.05, 0.1) is 0 Å². The molecule has 0 aliphatic rings. The van der Waals surface area contributed by atoms with E-state index in [-0.39, 0.29) is 0 Å². The molecule has 0 saturated carbocycles. The normalized spacial score (nSPS) is 11.6. The molecular weight excluding hydrogens is 534 g/mol. The maximum absolute atomic E-state index is 6.19. The van der Waals surface area contributed by atoms with Gasteiger partial charge in [0.1, 0.15) is 11.2 Å². The molecule has 0 spiro atoms. The van der Waals surface area contributed by atoms with Crippen molar-refractivity contribution in [3.8, 4) is 11.1 Å². The average Bonchev–Trinajstić information content (AvgIpc) is 3.45. The molecule has 0 unspecified atom stereocenters. The van der Waals surface area contributed by atoms with Gasteiger partial charge in [-0.05, 0) is 98.0 Å². The molecule has 9 aromatic rings. The molecule has 44 heavy (non-hydrogen) atoms. The Labute approximate surface area is 255 Å². The lowest BCUT2D eigenvalue weighted by Crippen LogP contribution is -2.10. The minimum absolute atomic E-state index is 0.918. The van der Waals surface area contributed by atoms with Crippen LogP contribution in [0.4, 0.5) is 17.1 Å². The van der Waals surface area contributed by atoms with Gasteiger partial charge in [-0.3, -0.25) is 0 Å². The van der Waals surface area contributed by atoms with E-state index in [0.717, 1.165) is 44.4 Å². The zero-order chi connectivity index (χ0) is 29.0. The second-order valence-corrected chi connectivity index (χ2v) is 11.4. The van der Waals surface area contributed by atoms with Gasteiger partial charge in [-0.1, -0.05) is 109 Å². The Balaban J connectivity index is 1.25. The van der Waals surface area contributed by atoms with Crippen molar-refractivity contribution in [2.24, 2.45) is 0 Å². The van der Waals surface area contributed by atoms with Crippen LogP contribution in [0.25, 0.3) is 65.4 Å². The van der Waals surface area contributed by atoms with Crippen LogP contribution in [0, 0.1) is 0 Å². The summed E-state index contributed by atoms with van der Waals surface area (Å²) >= 11 is 0. The number of rotatable bonds is 4. The molecular formula is C42H27NO. The Morgan fingerprint density at radius 3 is 1.77 bits per heavy atom. The van der Waals surface area contributed by atoms with Crippen LogP contribution < -0.4 is 4.90 Å². The lowest BCUT2D eigenvalue weighted by atomic mass is 10.0. The Kier molecular flexibility index (Phi) is 5.54. The third-order valence-electron chi connectivity index (χ3n) is 8.80. The molecule has 0 aliphatic heterocycles. The van der Waals surface area contributed by atoms with E-state index < -0.39 is 0 Å². The van der Waals surface area contributed by atoms with Gasteiger partial charge in [0.15, 0.2) is 0 Å². The van der Waals surface area contributed by atoms with E-state index in [0.29, 0.717) is 0 Å². The molecule has 0 aliphatic carbocycles. The molecule has 2 heteroatoms. The number of hydrogen-bond acceptors (Lipinski definition) is 2. The van der Waals surface area contributed by atoms with E-state index in [1.165, 1.54) is 38.1 Å². The van der Waals surface area contributed by atoms with Crippen molar-refractivity contribution in [2.75, 3.05) is 4.90 Å². The molecule has 0 fully saturated rings. The minimum Gasteiger partial charge on any atom is -0.456 e. The lowest BCUT2D eigenvalue weighted by molar-refractivity contribution is 0.669. The highest BCUT2D eigenvalue weighted by Crippen LogP contribution is 2.40. The highest BCUT2D eigenvalue weighted by atomic mass is 16.3. The van der Waals surface area contributed by atoms with Crippen LogP contribution in [0.15, 0.2) is 168 Å². The van der Waals surface area contributed by atoms with E-state index >= 15 is 0 Å². The molecule has 1 aromatic heterocycles. The predicted octanol–water partition coefficient (Wildman–Crippen LogP) is 12.2. The molecule has 1 heterocycles. The monoisotopic (exact) mass is 561 g/mol. The first kappa shape index (κ1) is 24.7. The second-order valence-electron chi connectivity index (χ2n) is 11.4. The fraction of sp³-hybridized carbons (Fsp3) is 0. The fourth-order valence-corrected chi connectivity index (χ4v) is 6.60. The number of para-hydroxylation sites is 1. The Hall–Kier alpha value is -5.86. The zero-order valence-corrected chi connectivity index (χ0v) is 23.9. The molecule has 206 valence electrons. The van der Waals surface area contributed by atoms with Crippen LogP contribution in [0.5, 0.6) is 0 Å². The number of fused-ring (bicyclic) bond motifs is 7. The summed E-state index contributed by atoms with van der Waals surface area (Å²) in [5, 5.41) is 9.61. The summed E-state index contributed by atoms with van der Waals surface area (Å²) in [5.41, 5.74) is 7.59. The van der Waals surface area contributed by atoms with Crippen molar-refractivity contribution in [1.29, 1.82) is 0 Å². The summed E-state index contributed by atoms with van der Waals surface area (Å²) in [4.78, 5) is 2.37. The minimum atomic E-state index is 0.918. The van der Waals surface area contributed by atoms with Gasteiger partial charge in [0.2, 0.25) is 0 Å². The summed E-state index contributed by atoms with van der Waals surface area (Å²) in [5.74, 6) is 0. The predicted molar refractivity (Wildman–Crippen MR) is 186 cm³/mol. The lowest BCUT2D eigenvalue weighted by Gasteiger charge is -2.26. The molecule has 9 rings (SSSR count). The van der Waals surface area contributed by atoms with Gasteiger partial charge in [-0.2, -0.15) is 0 Å². The standard InChI is InChI=1S/C42H27NO/c1-2-8-28(9-3-1)29-16-20-34(21-17-29)43(36-22-18-31-15-14-30-10-4-5-11-37(30)39(31)27-36)35-23-19-32-26-42-40(25-33(32)24-35)38-12-6-7-13-41(38)44-42/h1-27H. The summed E-state index contributed by atoms with van der Waals surface area (Å²) in [6.07, 6.45) is 0. The fourth-order valence-electron chi connectivity index (χ4n) is 6.60. The Bertz CT molecular complexity index is 2490. The van der Waals surface area contributed by atoms with Gasteiger partial charge in [0, 0.05) is 27.8 Å². The number of anilines is 3. The largest absolute Gasteiger partial charge is 0.456 e. The number of benzene rings is 8. The second kappa shape index (κ2) is 9.86. The molecule has 0 amide bonds. The van der Waals surface area contributed by atoms with Gasteiger partial charge < -0.3 is 9.32 Å². The Morgan fingerprint density at radius 2 is 0.932 bits per heavy atom. The zero-order valence-electron chi connectivity index (χ0n) is 23.9. The van der Waals surface area contributed by atoms with Crippen molar-refractivity contribution in [3.63, 3.8) is 0 Å². The van der Waals surface area contributed by atoms with E-state index in [1.807, 2.05) is 12.1 Å². The maximum Gasteiger partial charge on any atom is 0.136 e. The van der Waals surface area contributed by atoms with Crippen molar-refractivity contribution in [2.45, 2.75) is 0 Å². The third-order valence-corrected chi connectivity index (χ3v) is 8.80. The van der Waals surface area contributed by atoms with E-state index in [2.05, 4.69) is 157 Å². The summed E-state index contributed by atoms with van der Waals surface area (Å²) in [7, 11) is 0. The van der Waals surface area contributed by atoms with Gasteiger partial charge in [0.25, 0.3) is 0 Å². The number of hydrogen-bond donors (Lipinski definition) is 0. The summed E-state index contributed by atoms with van der Waals surface area (Å²) in [6, 6.07) is 58.7. The van der Waals surface area contributed by atoms with Crippen LogP contribution in [0.2, 0.25) is 0 Å². The summed E-state index contributed by atoms with van der Waals surface area (Å²) in [6.45, 7) is 0. The van der Waals surface area contributed by atoms with Crippen molar-refractivity contribution >= 4 is 71.3 Å². The topological polar surface area (TPSA) is 16.4 Å². The van der Waals surface area contributed by atoms with Crippen molar-refractivity contribution < 1.29 is 4.42 Å². The van der Waals surface area contributed by atoms with Crippen LogP contribution >= 0.6 is 0 Å². The average molecular weight is 562 g/mol. The molecule has 0 atom stereocenters. The highest BCUT2D eigenvalue weighted by molar-refractivity contribution is 6.11. The smallest absolute Gasteiger partial charge is 0.136 e. The molecule has 0 bridgehead atoms. The van der Waals surface area contributed by atoms with E-state index in [1.54, 1.807) is 0 Å². The van der Waals surface area contributed by atoms with Crippen LogP contribution in [0.1, 0.15) is 0 Å². The van der Waals surface area contributed by atoms with E-state index in [9.17, 15) is 0 Å². The number of nitrogens with zero attached hydrogens (tertiary/aromatic N) is 1. The van der Waals surface area contributed by atoms with Gasteiger partial charge in [-0.25, -0.2) is 0 Å². The molecule has 2 nitrogen and oxygen atoms in total. The van der Waals surface area contributed by atoms with E-state index in [4.69, 9.17) is 4.42 Å².